The van der Waals surface area contributed by atoms with Gasteiger partial charge in [0.05, 0.1) is 66.7 Å². The minimum absolute atomic E-state index is 0. The molecule has 698 valence electrons. The molecule has 0 fully saturated rings. The van der Waals surface area contributed by atoms with Crippen molar-refractivity contribution in [3.05, 3.63) is 370 Å². The second kappa shape index (κ2) is 42.0. The molecule has 8 heterocycles. The predicted octanol–water partition coefficient (Wildman–Crippen LogP) is 31.1. The molecular weight excluding hydrogens is 2060 g/mol. The molecule has 0 unspecified atom stereocenters. The standard InChI is InChI=1S/C44H37FN3O.C37H31FN3O.C20H28NSi.C19H26NSi.2Ir/c1-27(2)37-24-31(30-17-19-32(45)20-18-30)25-38(28(3)4)39(37)26-48-41-16-9-8-15-40(41)47-43(48)36-14-10-13-34-35-22-21-33(46-44(35)49-42(34)36)23-29-11-6-5-7-12-29;1-22(2)29-19-25(38)20-30(23(3)4)31(29)21-41-34-16-9-8-15-33(34)39-36(41)28-14-10-13-26-27-17-18-32(24-11-6-5-7-12-24)40-37(27)42-35(26)28;1-15-8-10-16(11-9-15)18-12-17(13-20(2,3)4)19(14-21-18)22(5,6)7;1-19(2,3)13-16-12-17(15-10-8-7-9-11-15)20-14-18(16)21(4,5)6;;/h5-13,15-22,24-25,27-28H,23,26H2,1-4H3;5-13,15-20,22-23H,21H2,1-4H3;8-10,12,14H,13H2,1-7H3;7-10,12,14H,13H2,1-6H3;;/q4*-1;;/i23D2;;1D3,13D2;13D2;;. The molecule has 8 aromatic heterocycles. The summed E-state index contributed by atoms with van der Waals surface area (Å²) in [6, 6.07) is 94.9. The number of hydrogen-bond acceptors (Lipinski definition) is 8. The van der Waals surface area contributed by atoms with Crippen molar-refractivity contribution in [1.82, 2.24) is 39.0 Å². The van der Waals surface area contributed by atoms with Gasteiger partial charge in [-0.05, 0) is 192 Å². The quantitative estimate of drug-likeness (QED) is 0.0548. The Morgan fingerprint density at radius 1 is 0.412 bits per heavy atom. The largest absolute Gasteiger partial charge is 0.486 e. The number of aromatic nitrogens is 8. The number of fused-ring (bicyclic) bond motifs is 8. The number of hydrogen-bond donors (Lipinski definition) is 0. The average Bonchev–Trinajstić information content (AvgIpc) is 1.27. The number of rotatable bonds is 20. The summed E-state index contributed by atoms with van der Waals surface area (Å²) in [7, 11) is -3.51. The third kappa shape index (κ3) is 22.8. The van der Waals surface area contributed by atoms with E-state index in [1.807, 2.05) is 218 Å². The molecule has 10 nitrogen and oxygen atoms in total. The summed E-state index contributed by atoms with van der Waals surface area (Å²) in [4.78, 5) is 29.1. The molecular formula is C120H122F2Ir2N8O2Si2-4. The van der Waals surface area contributed by atoms with Gasteiger partial charge < -0.3 is 27.9 Å². The van der Waals surface area contributed by atoms with Gasteiger partial charge in [-0.3, -0.25) is 9.97 Å². The van der Waals surface area contributed by atoms with Crippen LogP contribution in [0.4, 0.5) is 8.78 Å². The molecule has 0 saturated heterocycles. The van der Waals surface area contributed by atoms with Crippen molar-refractivity contribution in [3.8, 4) is 67.7 Å². The molecule has 0 aliphatic rings. The average molecular weight is 2200 g/mol. The number of benzene rings is 11. The Balaban J connectivity index is 0.000000160. The molecule has 2 radical (unpaired) electrons. The molecule has 0 spiro atoms. The van der Waals surface area contributed by atoms with Crippen molar-refractivity contribution in [2.75, 3.05) is 0 Å². The van der Waals surface area contributed by atoms with Crippen LogP contribution in [0.25, 0.3) is 134 Å². The number of pyridine rings is 4. The Hall–Kier alpha value is -11.8. The van der Waals surface area contributed by atoms with Gasteiger partial charge in [-0.15, -0.1) is 108 Å². The van der Waals surface area contributed by atoms with Gasteiger partial charge in [0.15, 0.2) is 0 Å². The first-order chi connectivity index (χ1) is 67.5. The fourth-order valence-corrected chi connectivity index (χ4v) is 20.2. The zero-order chi connectivity index (χ0) is 103. The van der Waals surface area contributed by atoms with Crippen molar-refractivity contribution in [2.24, 2.45) is 10.8 Å². The van der Waals surface area contributed by atoms with E-state index in [9.17, 15) is 8.78 Å². The molecule has 0 atom stereocenters. The molecule has 0 saturated carbocycles. The maximum absolute atomic E-state index is 14.8. The number of nitrogens with zero attached hydrogens (tertiary/aromatic N) is 8. The van der Waals surface area contributed by atoms with Crippen LogP contribution in [0.15, 0.2) is 282 Å². The van der Waals surface area contributed by atoms with Crippen LogP contribution in [0.3, 0.4) is 0 Å². The minimum atomic E-state index is -2.17. The Morgan fingerprint density at radius 3 is 1.32 bits per heavy atom. The van der Waals surface area contributed by atoms with Crippen LogP contribution >= 0.6 is 0 Å². The molecule has 0 N–H and O–H groups in total. The molecule has 11 aromatic carbocycles. The van der Waals surface area contributed by atoms with Gasteiger partial charge in [-0.1, -0.05) is 297 Å². The molecule has 16 heteroatoms. The monoisotopic (exact) mass is 2200 g/mol. The van der Waals surface area contributed by atoms with Gasteiger partial charge in [0.25, 0.3) is 0 Å². The van der Waals surface area contributed by atoms with Crippen LogP contribution in [-0.4, -0.2) is 55.2 Å². The van der Waals surface area contributed by atoms with Gasteiger partial charge in [-0.25, -0.2) is 18.7 Å². The number of halogens is 2. The maximum Gasteiger partial charge on any atom is 0.216 e. The van der Waals surface area contributed by atoms with Gasteiger partial charge in [-0.2, -0.15) is 0 Å². The van der Waals surface area contributed by atoms with Crippen molar-refractivity contribution >= 4 is 92.7 Å². The molecule has 0 amide bonds. The van der Waals surface area contributed by atoms with Gasteiger partial charge in [0.1, 0.15) is 11.6 Å². The van der Waals surface area contributed by atoms with Crippen LogP contribution in [0, 0.1) is 53.6 Å². The third-order valence-corrected chi connectivity index (χ3v) is 27.9. The molecule has 0 bridgehead atoms. The van der Waals surface area contributed by atoms with E-state index in [0.29, 0.717) is 58.1 Å². The van der Waals surface area contributed by atoms with Crippen LogP contribution in [0.2, 0.25) is 39.3 Å². The molecule has 19 aromatic rings. The number of imidazole rings is 2. The molecule has 0 aliphatic carbocycles. The zero-order valence-corrected chi connectivity index (χ0v) is 87.8. The van der Waals surface area contributed by atoms with Crippen LogP contribution < -0.4 is 10.4 Å². The Morgan fingerprint density at radius 2 is 0.868 bits per heavy atom. The minimum Gasteiger partial charge on any atom is -0.486 e. The molecule has 19 rings (SSSR count). The van der Waals surface area contributed by atoms with Crippen molar-refractivity contribution < 1.29 is 70.2 Å². The summed E-state index contributed by atoms with van der Waals surface area (Å²) in [5.74, 6) is 1.86. The van der Waals surface area contributed by atoms with Crippen molar-refractivity contribution in [3.63, 3.8) is 0 Å². The number of furan rings is 2. The van der Waals surface area contributed by atoms with E-state index < -0.39 is 52.9 Å². The first-order valence-electron chi connectivity index (χ1n) is 50.8. The van der Waals surface area contributed by atoms with Crippen LogP contribution in [-0.2, 0) is 72.4 Å². The summed E-state index contributed by atoms with van der Waals surface area (Å²) in [5.41, 5.74) is 22.8. The van der Waals surface area contributed by atoms with E-state index in [0.717, 1.165) is 133 Å². The Labute approximate surface area is 843 Å². The Bertz CT molecular complexity index is 7820. The fraction of sp³-hybridized carbons (Fsp3) is 0.267. The predicted molar refractivity (Wildman–Crippen MR) is 560 cm³/mol. The van der Waals surface area contributed by atoms with Gasteiger partial charge in [0, 0.05) is 106 Å². The van der Waals surface area contributed by atoms with E-state index in [1.54, 1.807) is 48.7 Å². The summed E-state index contributed by atoms with van der Waals surface area (Å²) in [6.45, 7) is 41.1. The second-order valence-electron chi connectivity index (χ2n) is 39.9. The topological polar surface area (TPSA) is 113 Å². The summed E-state index contributed by atoms with van der Waals surface area (Å²) in [5, 5.41) is 5.69. The number of aryl methyl sites for hydroxylation is 1. The van der Waals surface area contributed by atoms with Gasteiger partial charge >= 0.3 is 0 Å². The van der Waals surface area contributed by atoms with E-state index in [-0.39, 0.29) is 86.8 Å². The molecule has 0 aliphatic heterocycles. The van der Waals surface area contributed by atoms with Crippen molar-refractivity contribution in [1.29, 1.82) is 0 Å². The van der Waals surface area contributed by atoms with E-state index in [1.165, 1.54) is 34.9 Å². The normalized spacial score (nSPS) is 13.3. The summed E-state index contributed by atoms with van der Waals surface area (Å²) < 4.78 is 121. The Kier molecular flexibility index (Phi) is 27.2. The summed E-state index contributed by atoms with van der Waals surface area (Å²) >= 11 is 0. The van der Waals surface area contributed by atoms with Crippen molar-refractivity contribution in [2.45, 2.75) is 199 Å². The zero-order valence-electron chi connectivity index (χ0n) is 90.0. The smallest absolute Gasteiger partial charge is 0.216 e. The first kappa shape index (κ1) is 88.2. The molecule has 136 heavy (non-hydrogen) atoms. The fourth-order valence-electron chi connectivity index (χ4n) is 17.4. The summed E-state index contributed by atoms with van der Waals surface area (Å²) in [6.07, 6.45) is -1.06. The number of para-hydroxylation sites is 4. The maximum atomic E-state index is 14.8. The SMILES string of the molecule is CC(C)c1cc(F)cc(C(C)C)c1Cn1c(-c2[c-]ccc3c2oc2nc(-c4ccccc4)ccc23)nc2ccccc21.[2H]C([2H])([2H])c1c[c-]c(-c2cc(C([2H])([2H])C(C)(C)C)c([Si](C)(C)C)cn2)cc1.[2H]C([2H])(c1cc(-c2[c-]cccc2)ncc1[Si](C)(C)C)C(C)(C)C.[2H]C([2H])(c1ccccc1)c1ccc2c(n1)oc1c(-c3nc4ccccc4n3Cc3c(C(C)C)cc(-c4ccc(F)cc4)cc3C(C)C)[c-]ccc12.[Ir].[Ir]. The third-order valence-electron chi connectivity index (χ3n) is 23.9. The van der Waals surface area contributed by atoms with Crippen LogP contribution in [0.5, 0.6) is 0 Å². The first-order valence-corrected chi connectivity index (χ1v) is 53.3. The van der Waals surface area contributed by atoms with Gasteiger partial charge in [0.2, 0.25) is 11.4 Å². The van der Waals surface area contributed by atoms with E-state index in [2.05, 4.69) is 168 Å². The second-order valence-corrected chi connectivity index (χ2v) is 50.0. The van der Waals surface area contributed by atoms with Crippen LogP contribution in [0.1, 0.15) is 194 Å². The van der Waals surface area contributed by atoms with E-state index >= 15 is 0 Å². The van der Waals surface area contributed by atoms with E-state index in [4.69, 9.17) is 41.1 Å².